The number of aromatic nitrogens is 3. The number of hydrogen-bond acceptors (Lipinski definition) is 4. The summed E-state index contributed by atoms with van der Waals surface area (Å²) in [5.41, 5.74) is 0. The second-order valence-corrected chi connectivity index (χ2v) is 6.04. The number of imidazole rings is 1. The summed E-state index contributed by atoms with van der Waals surface area (Å²) in [4.78, 5) is 20.6. The Morgan fingerprint density at radius 3 is 2.95 bits per heavy atom. The first-order chi connectivity index (χ1) is 10.2. The monoisotopic (exact) mass is 304 g/mol. The van der Waals surface area contributed by atoms with Crippen LogP contribution in [0.15, 0.2) is 41.8 Å². The van der Waals surface area contributed by atoms with Gasteiger partial charge in [-0.05, 0) is 25.5 Å². The number of aryl methyl sites for hydroxylation is 1. The van der Waals surface area contributed by atoms with Crippen molar-refractivity contribution in [2.45, 2.75) is 43.6 Å². The van der Waals surface area contributed by atoms with Crippen molar-refractivity contribution in [3.63, 3.8) is 0 Å². The van der Waals surface area contributed by atoms with E-state index in [1.54, 1.807) is 12.4 Å². The summed E-state index contributed by atoms with van der Waals surface area (Å²) in [7, 11) is 0. The van der Waals surface area contributed by atoms with Crippen molar-refractivity contribution in [2.24, 2.45) is 0 Å². The van der Waals surface area contributed by atoms with Crippen molar-refractivity contribution in [3.8, 4) is 0 Å². The largest absolute Gasteiger partial charge is 0.348 e. The van der Waals surface area contributed by atoms with Gasteiger partial charge >= 0.3 is 0 Å². The van der Waals surface area contributed by atoms with Gasteiger partial charge in [-0.3, -0.25) is 4.79 Å². The van der Waals surface area contributed by atoms with Gasteiger partial charge in [0, 0.05) is 25.1 Å². The molecule has 1 N–H and O–H groups in total. The van der Waals surface area contributed by atoms with E-state index in [0.29, 0.717) is 6.54 Å². The highest BCUT2D eigenvalue weighted by Gasteiger charge is 2.15. The zero-order valence-corrected chi connectivity index (χ0v) is 13.1. The van der Waals surface area contributed by atoms with E-state index in [2.05, 4.69) is 26.8 Å². The lowest BCUT2D eigenvalue weighted by molar-refractivity contribution is -0.120. The van der Waals surface area contributed by atoms with E-state index < -0.39 is 0 Å². The Morgan fingerprint density at radius 2 is 2.24 bits per heavy atom. The molecule has 2 aromatic rings. The number of carbonyl (C=O) groups is 1. The number of nitrogens with zero attached hydrogens (tertiary/aromatic N) is 3. The fraction of sp³-hybridized carbons (Fsp3) is 0.400. The molecular formula is C15H20N4OS. The van der Waals surface area contributed by atoms with Gasteiger partial charge in [-0.25, -0.2) is 9.97 Å². The topological polar surface area (TPSA) is 59.8 Å². The van der Waals surface area contributed by atoms with Crippen LogP contribution in [0.25, 0.3) is 0 Å². The van der Waals surface area contributed by atoms with Crippen LogP contribution in [0.3, 0.4) is 0 Å². The highest BCUT2D eigenvalue weighted by atomic mass is 32.2. The van der Waals surface area contributed by atoms with E-state index in [4.69, 9.17) is 0 Å². The molecule has 1 amide bonds. The molecule has 0 aliphatic carbocycles. The Balaban J connectivity index is 1.85. The van der Waals surface area contributed by atoms with Gasteiger partial charge in [0.1, 0.15) is 5.82 Å². The Kier molecular flexibility index (Phi) is 5.80. The third kappa shape index (κ3) is 4.60. The fourth-order valence-electron chi connectivity index (χ4n) is 1.91. The van der Waals surface area contributed by atoms with Crippen molar-refractivity contribution < 1.29 is 4.79 Å². The number of thioether (sulfide) groups is 1. The molecule has 0 saturated carbocycles. The zero-order valence-electron chi connectivity index (χ0n) is 12.3. The van der Waals surface area contributed by atoms with Crippen LogP contribution in [-0.2, 0) is 17.9 Å². The molecule has 2 rings (SSSR count). The van der Waals surface area contributed by atoms with Crippen LogP contribution in [0.2, 0.25) is 0 Å². The molecule has 0 unspecified atom stereocenters. The molecule has 0 spiro atoms. The average molecular weight is 304 g/mol. The summed E-state index contributed by atoms with van der Waals surface area (Å²) in [5.74, 6) is 0.886. The Bertz CT molecular complexity index is 570. The molecule has 0 radical (unpaired) electrons. The first-order valence-electron chi connectivity index (χ1n) is 7.06. The third-order valence-corrected chi connectivity index (χ3v) is 4.04. The van der Waals surface area contributed by atoms with Gasteiger partial charge in [-0.2, -0.15) is 0 Å². The van der Waals surface area contributed by atoms with Crippen LogP contribution in [0.5, 0.6) is 0 Å². The van der Waals surface area contributed by atoms with Crippen molar-refractivity contribution >= 4 is 17.7 Å². The number of amides is 1. The van der Waals surface area contributed by atoms with Gasteiger partial charge in [0.15, 0.2) is 0 Å². The lowest BCUT2D eigenvalue weighted by atomic mass is 10.4. The highest BCUT2D eigenvalue weighted by Crippen LogP contribution is 2.20. The second kappa shape index (κ2) is 7.83. The third-order valence-electron chi connectivity index (χ3n) is 2.99. The summed E-state index contributed by atoms with van der Waals surface area (Å²) in [5, 5.41) is 3.60. The van der Waals surface area contributed by atoms with Crippen molar-refractivity contribution in [1.82, 2.24) is 19.9 Å². The maximum atomic E-state index is 12.1. The zero-order chi connectivity index (χ0) is 15.1. The van der Waals surface area contributed by atoms with Crippen molar-refractivity contribution in [2.75, 3.05) is 0 Å². The number of rotatable bonds is 7. The molecule has 0 saturated heterocycles. The number of nitrogens with one attached hydrogen (secondary N) is 1. The predicted octanol–water partition coefficient (Wildman–Crippen LogP) is 2.49. The maximum Gasteiger partial charge on any atom is 0.233 e. The Hall–Kier alpha value is -1.82. The minimum atomic E-state index is -0.186. The van der Waals surface area contributed by atoms with E-state index in [1.807, 2.05) is 31.3 Å². The molecule has 0 aliphatic rings. The van der Waals surface area contributed by atoms with Gasteiger partial charge in [-0.1, -0.05) is 24.8 Å². The Morgan fingerprint density at radius 1 is 1.38 bits per heavy atom. The summed E-state index contributed by atoms with van der Waals surface area (Å²) in [6.45, 7) is 5.38. The van der Waals surface area contributed by atoms with Crippen LogP contribution in [0, 0.1) is 0 Å². The molecule has 2 aromatic heterocycles. The number of hydrogen-bond donors (Lipinski definition) is 1. The first kappa shape index (κ1) is 15.6. The van der Waals surface area contributed by atoms with Crippen molar-refractivity contribution in [1.29, 1.82) is 0 Å². The van der Waals surface area contributed by atoms with Gasteiger partial charge < -0.3 is 9.88 Å². The van der Waals surface area contributed by atoms with E-state index in [0.717, 1.165) is 23.8 Å². The van der Waals surface area contributed by atoms with Gasteiger partial charge in [0.2, 0.25) is 5.91 Å². The lowest BCUT2D eigenvalue weighted by Gasteiger charge is -2.12. The van der Waals surface area contributed by atoms with Crippen LogP contribution < -0.4 is 5.32 Å². The van der Waals surface area contributed by atoms with Gasteiger partial charge in [-0.15, -0.1) is 0 Å². The first-order valence-corrected chi connectivity index (χ1v) is 7.94. The molecule has 112 valence electrons. The summed E-state index contributed by atoms with van der Waals surface area (Å²) in [6.07, 6.45) is 6.48. The van der Waals surface area contributed by atoms with Crippen LogP contribution in [-0.4, -0.2) is 25.7 Å². The lowest BCUT2D eigenvalue weighted by Crippen LogP contribution is -2.31. The summed E-state index contributed by atoms with van der Waals surface area (Å²) in [6, 6.07) is 5.69. The standard InChI is InChI=1S/C15H20N4OS/c1-3-9-19-10-8-16-13(19)11-18-15(20)12(2)21-14-6-4-5-7-17-14/h4-8,10,12H,3,9,11H2,1-2H3,(H,18,20)/t12-/m1/s1. The minimum Gasteiger partial charge on any atom is -0.348 e. The van der Waals surface area contributed by atoms with Gasteiger partial charge in [0.25, 0.3) is 0 Å². The molecule has 21 heavy (non-hydrogen) atoms. The van der Waals surface area contributed by atoms with E-state index >= 15 is 0 Å². The van der Waals surface area contributed by atoms with Gasteiger partial charge in [0.05, 0.1) is 16.8 Å². The predicted molar refractivity (Wildman–Crippen MR) is 83.9 cm³/mol. The minimum absolute atomic E-state index is 0.00305. The Labute approximate surface area is 129 Å². The van der Waals surface area contributed by atoms with Crippen LogP contribution >= 0.6 is 11.8 Å². The van der Waals surface area contributed by atoms with Crippen LogP contribution in [0.4, 0.5) is 0 Å². The molecule has 0 fully saturated rings. The van der Waals surface area contributed by atoms with E-state index in [-0.39, 0.29) is 11.2 Å². The highest BCUT2D eigenvalue weighted by molar-refractivity contribution is 8.00. The average Bonchev–Trinajstić information content (AvgIpc) is 2.93. The molecule has 0 aliphatic heterocycles. The molecule has 5 nitrogen and oxygen atoms in total. The normalized spacial score (nSPS) is 12.1. The van der Waals surface area contributed by atoms with E-state index in [1.165, 1.54) is 11.8 Å². The number of pyridine rings is 1. The second-order valence-electron chi connectivity index (χ2n) is 4.68. The SMILES string of the molecule is CCCn1ccnc1CNC(=O)[C@@H](C)Sc1ccccn1. The summed E-state index contributed by atoms with van der Waals surface area (Å²) >= 11 is 1.45. The quantitative estimate of drug-likeness (QED) is 0.798. The molecule has 6 heteroatoms. The number of carbonyl (C=O) groups excluding carboxylic acids is 1. The summed E-state index contributed by atoms with van der Waals surface area (Å²) < 4.78 is 2.07. The molecular weight excluding hydrogens is 284 g/mol. The molecule has 0 bridgehead atoms. The van der Waals surface area contributed by atoms with Crippen molar-refractivity contribution in [3.05, 3.63) is 42.6 Å². The van der Waals surface area contributed by atoms with Crippen LogP contribution in [0.1, 0.15) is 26.1 Å². The maximum absolute atomic E-state index is 12.1. The smallest absolute Gasteiger partial charge is 0.233 e. The molecule has 1 atom stereocenters. The van der Waals surface area contributed by atoms with E-state index in [9.17, 15) is 4.79 Å². The molecule has 2 heterocycles. The fourth-order valence-corrected chi connectivity index (χ4v) is 2.74. The molecule has 0 aromatic carbocycles.